The van der Waals surface area contributed by atoms with E-state index < -0.39 is 0 Å². The van der Waals surface area contributed by atoms with Gasteiger partial charge >= 0.3 is 0 Å². The molecule has 0 atom stereocenters. The van der Waals surface area contributed by atoms with Gasteiger partial charge in [-0.3, -0.25) is 4.79 Å². The van der Waals surface area contributed by atoms with E-state index >= 15 is 0 Å². The Hall–Kier alpha value is -1.62. The van der Waals surface area contributed by atoms with Crippen molar-refractivity contribution in [2.75, 3.05) is 19.7 Å². The summed E-state index contributed by atoms with van der Waals surface area (Å²) in [6.45, 7) is 2.28. The number of amides is 1. The van der Waals surface area contributed by atoms with E-state index in [4.69, 9.17) is 22.7 Å². The Morgan fingerprint density at radius 2 is 2.05 bits per heavy atom. The quantitative estimate of drug-likeness (QED) is 0.644. The van der Waals surface area contributed by atoms with Crippen LogP contribution in [0.4, 0.5) is 0 Å². The number of nitrogens with two attached hydrogens (primary N) is 1. The Morgan fingerprint density at radius 1 is 1.30 bits per heavy atom. The molecule has 0 aromatic heterocycles. The Labute approximate surface area is 124 Å². The molecule has 2 N–H and O–H groups in total. The molecule has 1 aliphatic heterocycles. The minimum Gasteiger partial charge on any atom is -0.494 e. The van der Waals surface area contributed by atoms with Crippen LogP contribution in [0.1, 0.15) is 31.2 Å². The van der Waals surface area contributed by atoms with Crippen LogP contribution in [-0.2, 0) is 4.79 Å². The minimum atomic E-state index is 0.275. The van der Waals surface area contributed by atoms with Crippen molar-refractivity contribution in [2.24, 2.45) is 5.73 Å². The van der Waals surface area contributed by atoms with E-state index in [1.54, 1.807) is 0 Å². The van der Waals surface area contributed by atoms with Gasteiger partial charge in [0, 0.05) is 25.1 Å². The molecule has 0 unspecified atom stereocenters. The fraction of sp³-hybridized carbons (Fsp3) is 0.467. The molecule has 1 aromatic rings. The van der Waals surface area contributed by atoms with E-state index in [0.29, 0.717) is 18.0 Å². The second-order valence-corrected chi connectivity index (χ2v) is 5.37. The van der Waals surface area contributed by atoms with Crippen LogP contribution < -0.4 is 10.5 Å². The molecule has 1 aliphatic rings. The first-order valence-electron chi connectivity index (χ1n) is 6.97. The highest BCUT2D eigenvalue weighted by Crippen LogP contribution is 2.13. The highest BCUT2D eigenvalue weighted by molar-refractivity contribution is 7.80. The van der Waals surface area contributed by atoms with E-state index in [0.717, 1.165) is 43.7 Å². The first kappa shape index (κ1) is 14.8. The Bertz CT molecular complexity index is 473. The minimum absolute atomic E-state index is 0.275. The number of carbonyl (C=O) groups is 1. The van der Waals surface area contributed by atoms with Gasteiger partial charge in [-0.25, -0.2) is 0 Å². The maximum atomic E-state index is 11.6. The van der Waals surface area contributed by atoms with Crippen LogP contribution in [0.25, 0.3) is 0 Å². The molecule has 0 spiro atoms. The summed E-state index contributed by atoms with van der Waals surface area (Å²) in [5.74, 6) is 1.08. The van der Waals surface area contributed by atoms with E-state index in [9.17, 15) is 4.79 Å². The van der Waals surface area contributed by atoms with Crippen molar-refractivity contribution in [1.29, 1.82) is 0 Å². The van der Waals surface area contributed by atoms with E-state index in [-0.39, 0.29) is 5.91 Å². The van der Waals surface area contributed by atoms with Crippen LogP contribution in [0.5, 0.6) is 5.75 Å². The molecule has 108 valence electrons. The number of hydrogen-bond acceptors (Lipinski definition) is 3. The van der Waals surface area contributed by atoms with Crippen LogP contribution in [0, 0.1) is 0 Å². The summed E-state index contributed by atoms with van der Waals surface area (Å²) in [6.07, 6.45) is 3.69. The molecule has 0 bridgehead atoms. The monoisotopic (exact) mass is 292 g/mol. The van der Waals surface area contributed by atoms with Gasteiger partial charge in [0.25, 0.3) is 0 Å². The number of thiocarbonyl (C=S) groups is 1. The van der Waals surface area contributed by atoms with Gasteiger partial charge in [0.15, 0.2) is 0 Å². The SMILES string of the molecule is NC(=S)c1ccc(OCCCN2CCCCC2=O)cc1. The number of ether oxygens (including phenoxy) is 1. The van der Waals surface area contributed by atoms with Crippen molar-refractivity contribution in [3.63, 3.8) is 0 Å². The van der Waals surface area contributed by atoms with Crippen molar-refractivity contribution < 1.29 is 9.53 Å². The molecule has 1 aromatic carbocycles. The molecular formula is C15H20N2O2S. The molecule has 0 aliphatic carbocycles. The second kappa shape index (κ2) is 7.24. The molecule has 1 amide bonds. The first-order chi connectivity index (χ1) is 9.66. The smallest absolute Gasteiger partial charge is 0.222 e. The maximum absolute atomic E-state index is 11.6. The number of nitrogens with zero attached hydrogens (tertiary/aromatic N) is 1. The standard InChI is InChI=1S/C15H20N2O2S/c16-15(20)12-5-7-13(8-6-12)19-11-3-10-17-9-2-1-4-14(17)18/h5-8H,1-4,9-11H2,(H2,16,20). The molecule has 1 fully saturated rings. The van der Waals surface area contributed by atoms with Crippen molar-refractivity contribution in [3.05, 3.63) is 29.8 Å². The van der Waals surface area contributed by atoms with Gasteiger partial charge in [0.1, 0.15) is 10.7 Å². The Kier molecular flexibility index (Phi) is 5.35. The summed E-state index contributed by atoms with van der Waals surface area (Å²) in [5, 5.41) is 0. The zero-order valence-electron chi connectivity index (χ0n) is 11.5. The molecule has 2 rings (SSSR count). The van der Waals surface area contributed by atoms with E-state index in [2.05, 4.69) is 0 Å². The highest BCUT2D eigenvalue weighted by atomic mass is 32.1. The third kappa shape index (κ3) is 4.20. The summed E-state index contributed by atoms with van der Waals surface area (Å²) in [4.78, 5) is 13.9. The van der Waals surface area contributed by atoms with Gasteiger partial charge in [0.2, 0.25) is 5.91 Å². The fourth-order valence-corrected chi connectivity index (χ4v) is 2.40. The molecule has 5 heteroatoms. The largest absolute Gasteiger partial charge is 0.494 e. The van der Waals surface area contributed by atoms with Crippen molar-refractivity contribution >= 4 is 23.1 Å². The van der Waals surface area contributed by atoms with Crippen molar-refractivity contribution in [1.82, 2.24) is 4.90 Å². The van der Waals surface area contributed by atoms with Crippen LogP contribution in [0.15, 0.2) is 24.3 Å². The predicted octanol–water partition coefficient (Wildman–Crippen LogP) is 2.10. The van der Waals surface area contributed by atoms with Gasteiger partial charge in [-0.05, 0) is 43.5 Å². The van der Waals surface area contributed by atoms with Crippen LogP contribution in [-0.4, -0.2) is 35.5 Å². The van der Waals surface area contributed by atoms with Crippen LogP contribution in [0.2, 0.25) is 0 Å². The average molecular weight is 292 g/mol. The molecular weight excluding hydrogens is 272 g/mol. The topological polar surface area (TPSA) is 55.6 Å². The van der Waals surface area contributed by atoms with E-state index in [1.807, 2.05) is 29.2 Å². The second-order valence-electron chi connectivity index (χ2n) is 4.93. The lowest BCUT2D eigenvalue weighted by molar-refractivity contribution is -0.133. The zero-order valence-corrected chi connectivity index (χ0v) is 12.3. The Morgan fingerprint density at radius 3 is 2.70 bits per heavy atom. The summed E-state index contributed by atoms with van der Waals surface area (Å²) in [6, 6.07) is 7.43. The summed E-state index contributed by atoms with van der Waals surface area (Å²) in [5.41, 5.74) is 6.37. The summed E-state index contributed by atoms with van der Waals surface area (Å²) < 4.78 is 5.64. The molecule has 20 heavy (non-hydrogen) atoms. The summed E-state index contributed by atoms with van der Waals surface area (Å²) >= 11 is 4.89. The zero-order chi connectivity index (χ0) is 14.4. The Balaban J connectivity index is 1.70. The number of rotatable bonds is 6. The van der Waals surface area contributed by atoms with Gasteiger partial charge in [-0.15, -0.1) is 0 Å². The van der Waals surface area contributed by atoms with Gasteiger partial charge in [0.05, 0.1) is 6.61 Å². The van der Waals surface area contributed by atoms with Gasteiger partial charge < -0.3 is 15.4 Å². The first-order valence-corrected chi connectivity index (χ1v) is 7.38. The van der Waals surface area contributed by atoms with Crippen LogP contribution in [0.3, 0.4) is 0 Å². The highest BCUT2D eigenvalue weighted by Gasteiger charge is 2.16. The van der Waals surface area contributed by atoms with Gasteiger partial charge in [-0.1, -0.05) is 12.2 Å². The van der Waals surface area contributed by atoms with Crippen molar-refractivity contribution in [2.45, 2.75) is 25.7 Å². The summed E-state index contributed by atoms with van der Waals surface area (Å²) in [7, 11) is 0. The lowest BCUT2D eigenvalue weighted by atomic mass is 10.1. The molecule has 4 nitrogen and oxygen atoms in total. The van der Waals surface area contributed by atoms with Crippen molar-refractivity contribution in [3.8, 4) is 5.75 Å². The molecule has 1 saturated heterocycles. The third-order valence-electron chi connectivity index (χ3n) is 3.40. The average Bonchev–Trinajstić information content (AvgIpc) is 2.46. The number of likely N-dealkylation sites (tertiary alicyclic amines) is 1. The molecule has 0 saturated carbocycles. The van der Waals surface area contributed by atoms with Crippen LogP contribution >= 0.6 is 12.2 Å². The van der Waals surface area contributed by atoms with Gasteiger partial charge in [-0.2, -0.15) is 0 Å². The fourth-order valence-electron chi connectivity index (χ4n) is 2.26. The third-order valence-corrected chi connectivity index (χ3v) is 3.64. The number of hydrogen-bond donors (Lipinski definition) is 1. The maximum Gasteiger partial charge on any atom is 0.222 e. The normalized spacial score (nSPS) is 15.2. The number of benzene rings is 1. The predicted molar refractivity (Wildman–Crippen MR) is 82.9 cm³/mol. The molecule has 1 heterocycles. The van der Waals surface area contributed by atoms with E-state index in [1.165, 1.54) is 0 Å². The number of carbonyl (C=O) groups excluding carboxylic acids is 1. The lowest BCUT2D eigenvalue weighted by Crippen LogP contribution is -2.36. The number of piperidine rings is 1. The molecule has 0 radical (unpaired) electrons. The lowest BCUT2D eigenvalue weighted by Gasteiger charge is -2.26.